The summed E-state index contributed by atoms with van der Waals surface area (Å²) in [6.07, 6.45) is 3.59. The fraction of sp³-hybridized carbons (Fsp3) is 0.308. The first-order valence-electron chi connectivity index (χ1n) is 5.38. The van der Waals surface area contributed by atoms with Crippen LogP contribution in [-0.4, -0.2) is 10.5 Å². The lowest BCUT2D eigenvalue weighted by molar-refractivity contribution is 0.635. The molecule has 0 aliphatic rings. The molecule has 0 amide bonds. The molecule has 2 rings (SSSR count). The maximum Gasteiger partial charge on any atom is 0.0426 e. The third-order valence-electron chi connectivity index (χ3n) is 2.36. The average Bonchev–Trinajstić information content (AvgIpc) is 2.21. The maximum absolute atomic E-state index is 5.92. The molecule has 0 bridgehead atoms. The Kier molecular flexibility index (Phi) is 2.46. The molecule has 3 nitrogen and oxygen atoms in total. The van der Waals surface area contributed by atoms with Crippen molar-refractivity contribution in [2.75, 3.05) is 11.1 Å². The van der Waals surface area contributed by atoms with Gasteiger partial charge in [0.25, 0.3) is 0 Å². The first-order chi connectivity index (χ1) is 7.47. The summed E-state index contributed by atoms with van der Waals surface area (Å²) in [5.41, 5.74) is 7.82. The Morgan fingerprint density at radius 1 is 1.12 bits per heavy atom. The summed E-state index contributed by atoms with van der Waals surface area (Å²) >= 11 is 0. The first kappa shape index (κ1) is 10.7. The normalized spacial score (nSPS) is 11.7. The molecule has 1 aromatic carbocycles. The number of hydrogen-bond donors (Lipinski definition) is 2. The van der Waals surface area contributed by atoms with E-state index in [2.05, 4.69) is 31.1 Å². The van der Waals surface area contributed by atoms with Gasteiger partial charge in [-0.1, -0.05) is 0 Å². The first-order valence-corrected chi connectivity index (χ1v) is 5.38. The molecule has 1 aromatic heterocycles. The van der Waals surface area contributed by atoms with Gasteiger partial charge in [0.2, 0.25) is 0 Å². The number of nitrogens with one attached hydrogen (secondary N) is 1. The van der Waals surface area contributed by atoms with Gasteiger partial charge < -0.3 is 11.1 Å². The number of pyridine rings is 1. The summed E-state index contributed by atoms with van der Waals surface area (Å²) in [5.74, 6) is 0. The van der Waals surface area contributed by atoms with Crippen molar-refractivity contribution in [1.82, 2.24) is 4.98 Å². The standard InChI is InChI=1S/C13H17N3/c1-13(2,3)16-12-5-4-11(14)10-8-15-7-6-9(10)12/h4-8,16H,14H2,1-3H3. The average molecular weight is 215 g/mol. The summed E-state index contributed by atoms with van der Waals surface area (Å²) in [6, 6.07) is 5.92. The Hall–Kier alpha value is -1.77. The Balaban J connectivity index is 2.59. The Morgan fingerprint density at radius 2 is 1.88 bits per heavy atom. The number of nitrogen functional groups attached to an aromatic ring is 1. The molecule has 3 heteroatoms. The maximum atomic E-state index is 5.92. The molecular formula is C13H17N3. The number of rotatable bonds is 1. The number of benzene rings is 1. The molecular weight excluding hydrogens is 198 g/mol. The van der Waals surface area contributed by atoms with Crippen LogP contribution in [-0.2, 0) is 0 Å². The predicted octanol–water partition coefficient (Wildman–Crippen LogP) is 3.03. The number of fused-ring (bicyclic) bond motifs is 1. The number of anilines is 2. The minimum absolute atomic E-state index is 0.0340. The van der Waals surface area contributed by atoms with Crippen LogP contribution in [0, 0.1) is 0 Å². The molecule has 0 fully saturated rings. The molecule has 0 radical (unpaired) electrons. The van der Waals surface area contributed by atoms with Crippen LogP contribution < -0.4 is 11.1 Å². The summed E-state index contributed by atoms with van der Waals surface area (Å²) in [7, 11) is 0. The van der Waals surface area contributed by atoms with Crippen molar-refractivity contribution in [3.05, 3.63) is 30.6 Å². The van der Waals surface area contributed by atoms with Crippen LogP contribution in [0.25, 0.3) is 10.8 Å². The number of nitrogens with zero attached hydrogens (tertiary/aromatic N) is 1. The third-order valence-corrected chi connectivity index (χ3v) is 2.36. The van der Waals surface area contributed by atoms with Gasteiger partial charge >= 0.3 is 0 Å². The van der Waals surface area contributed by atoms with E-state index in [-0.39, 0.29) is 5.54 Å². The fourth-order valence-electron chi connectivity index (χ4n) is 1.73. The molecule has 0 atom stereocenters. The van der Waals surface area contributed by atoms with E-state index in [0.29, 0.717) is 0 Å². The molecule has 0 spiro atoms. The van der Waals surface area contributed by atoms with E-state index in [1.807, 2.05) is 18.2 Å². The highest BCUT2D eigenvalue weighted by atomic mass is 15.0. The van der Waals surface area contributed by atoms with Crippen molar-refractivity contribution in [3.63, 3.8) is 0 Å². The van der Waals surface area contributed by atoms with Gasteiger partial charge in [0.15, 0.2) is 0 Å². The minimum atomic E-state index is 0.0340. The fourth-order valence-corrected chi connectivity index (χ4v) is 1.73. The van der Waals surface area contributed by atoms with E-state index in [4.69, 9.17) is 5.73 Å². The number of nitrogens with two attached hydrogens (primary N) is 1. The lowest BCUT2D eigenvalue weighted by Gasteiger charge is -2.23. The lowest BCUT2D eigenvalue weighted by Crippen LogP contribution is -2.26. The highest BCUT2D eigenvalue weighted by molar-refractivity contribution is 6.00. The zero-order valence-corrected chi connectivity index (χ0v) is 9.91. The van der Waals surface area contributed by atoms with Gasteiger partial charge in [-0.15, -0.1) is 0 Å². The molecule has 16 heavy (non-hydrogen) atoms. The summed E-state index contributed by atoms with van der Waals surface area (Å²) in [6.45, 7) is 6.41. The van der Waals surface area contributed by atoms with Crippen molar-refractivity contribution in [2.45, 2.75) is 26.3 Å². The molecule has 1 heterocycles. The van der Waals surface area contributed by atoms with Crippen molar-refractivity contribution in [1.29, 1.82) is 0 Å². The van der Waals surface area contributed by atoms with Gasteiger partial charge in [0.05, 0.1) is 0 Å². The molecule has 0 saturated carbocycles. The molecule has 0 aliphatic heterocycles. The third kappa shape index (κ3) is 2.08. The SMILES string of the molecule is CC(C)(C)Nc1ccc(N)c2cnccc12. The summed E-state index contributed by atoms with van der Waals surface area (Å²) < 4.78 is 0. The van der Waals surface area contributed by atoms with Gasteiger partial charge in [-0.3, -0.25) is 4.98 Å². The van der Waals surface area contributed by atoms with Crippen LogP contribution >= 0.6 is 0 Å². The zero-order valence-electron chi connectivity index (χ0n) is 9.91. The molecule has 0 unspecified atom stereocenters. The van der Waals surface area contributed by atoms with Gasteiger partial charge in [-0.2, -0.15) is 0 Å². The van der Waals surface area contributed by atoms with Crippen LogP contribution in [0.15, 0.2) is 30.6 Å². The predicted molar refractivity (Wildman–Crippen MR) is 69.5 cm³/mol. The quantitative estimate of drug-likeness (QED) is 0.719. The van der Waals surface area contributed by atoms with Crippen molar-refractivity contribution in [3.8, 4) is 0 Å². The van der Waals surface area contributed by atoms with Gasteiger partial charge in [0.1, 0.15) is 0 Å². The van der Waals surface area contributed by atoms with Crippen LogP contribution in [0.5, 0.6) is 0 Å². The van der Waals surface area contributed by atoms with Crippen LogP contribution in [0.4, 0.5) is 11.4 Å². The molecule has 3 N–H and O–H groups in total. The highest BCUT2D eigenvalue weighted by Gasteiger charge is 2.11. The van der Waals surface area contributed by atoms with E-state index < -0.39 is 0 Å². The second kappa shape index (κ2) is 3.67. The zero-order chi connectivity index (χ0) is 11.8. The van der Waals surface area contributed by atoms with Crippen molar-refractivity contribution >= 4 is 22.1 Å². The van der Waals surface area contributed by atoms with Gasteiger partial charge in [-0.25, -0.2) is 0 Å². The van der Waals surface area contributed by atoms with E-state index in [9.17, 15) is 0 Å². The molecule has 0 aliphatic carbocycles. The number of aromatic nitrogens is 1. The van der Waals surface area contributed by atoms with Crippen LogP contribution in [0.2, 0.25) is 0 Å². The second-order valence-corrected chi connectivity index (χ2v) is 5.00. The largest absolute Gasteiger partial charge is 0.398 e. The lowest BCUT2D eigenvalue weighted by atomic mass is 10.1. The van der Waals surface area contributed by atoms with Crippen LogP contribution in [0.3, 0.4) is 0 Å². The van der Waals surface area contributed by atoms with E-state index in [1.54, 1.807) is 12.4 Å². The second-order valence-electron chi connectivity index (χ2n) is 5.00. The van der Waals surface area contributed by atoms with E-state index in [1.165, 1.54) is 0 Å². The summed E-state index contributed by atoms with van der Waals surface area (Å²) in [4.78, 5) is 4.10. The van der Waals surface area contributed by atoms with Crippen molar-refractivity contribution < 1.29 is 0 Å². The molecule has 0 saturated heterocycles. The Bertz CT molecular complexity index is 512. The summed E-state index contributed by atoms with van der Waals surface area (Å²) in [5, 5.41) is 5.58. The molecule has 2 aromatic rings. The minimum Gasteiger partial charge on any atom is -0.398 e. The monoisotopic (exact) mass is 215 g/mol. The topological polar surface area (TPSA) is 50.9 Å². The van der Waals surface area contributed by atoms with Crippen LogP contribution in [0.1, 0.15) is 20.8 Å². The van der Waals surface area contributed by atoms with Gasteiger partial charge in [-0.05, 0) is 39.0 Å². The van der Waals surface area contributed by atoms with E-state index in [0.717, 1.165) is 22.1 Å². The van der Waals surface area contributed by atoms with Gasteiger partial charge in [0, 0.05) is 40.1 Å². The highest BCUT2D eigenvalue weighted by Crippen LogP contribution is 2.29. The molecule has 84 valence electrons. The number of hydrogen-bond acceptors (Lipinski definition) is 3. The Morgan fingerprint density at radius 3 is 2.56 bits per heavy atom. The smallest absolute Gasteiger partial charge is 0.0426 e. The van der Waals surface area contributed by atoms with Crippen molar-refractivity contribution in [2.24, 2.45) is 0 Å². The van der Waals surface area contributed by atoms with E-state index >= 15 is 0 Å². The Labute approximate surface area is 95.7 Å².